The highest BCUT2D eigenvalue weighted by Crippen LogP contribution is 2.48. The van der Waals surface area contributed by atoms with Gasteiger partial charge in [0.1, 0.15) is 11.7 Å². The number of nitrogens with zero attached hydrogens (tertiary/aromatic N) is 2. The number of methoxy groups -OCH3 is 1. The van der Waals surface area contributed by atoms with Gasteiger partial charge in [-0.3, -0.25) is 9.59 Å². The fraction of sp³-hybridized carbons (Fsp3) is 0.750. The average Bonchev–Trinajstić information content (AvgIpc) is 3.16. The second-order valence-corrected chi connectivity index (χ2v) is 12.4. The number of carbonyl (C=O) groups excluding carboxylic acids is 3. The molecule has 0 aromatic heterocycles. The van der Waals surface area contributed by atoms with E-state index < -0.39 is 50.0 Å². The van der Waals surface area contributed by atoms with E-state index in [1.807, 2.05) is 25.7 Å². The average molecular weight is 370 g/mol. The predicted molar refractivity (Wildman–Crippen MR) is 90.8 cm³/mol. The first-order valence-electron chi connectivity index (χ1n) is 7.98. The summed E-state index contributed by atoms with van der Waals surface area (Å²) in [4.78, 5) is 36.6. The summed E-state index contributed by atoms with van der Waals surface area (Å²) in [5.74, 6) is -2.03. The van der Waals surface area contributed by atoms with Crippen LogP contribution in [0.15, 0.2) is 0 Å². The SMILES string of the molecule is COC(=O)[C@H]1[C@H]([C@H](C#N)O[Si](C)(C)C)[C@@H]1N(C=O)C(=O)OC(C)(C)C. The van der Waals surface area contributed by atoms with Crippen LogP contribution in [0.5, 0.6) is 0 Å². The molecule has 1 aliphatic rings. The van der Waals surface area contributed by atoms with Crippen molar-refractivity contribution >= 4 is 26.8 Å². The van der Waals surface area contributed by atoms with E-state index in [4.69, 9.17) is 13.9 Å². The molecule has 140 valence electrons. The molecule has 1 fully saturated rings. The van der Waals surface area contributed by atoms with Crippen LogP contribution in [0.1, 0.15) is 20.8 Å². The minimum absolute atomic E-state index is 0.317. The Morgan fingerprint density at radius 3 is 2.20 bits per heavy atom. The first-order valence-corrected chi connectivity index (χ1v) is 11.4. The summed E-state index contributed by atoms with van der Waals surface area (Å²) in [6.07, 6.45) is -1.46. The van der Waals surface area contributed by atoms with Crippen molar-refractivity contribution in [2.45, 2.75) is 58.2 Å². The van der Waals surface area contributed by atoms with Crippen molar-refractivity contribution in [3.63, 3.8) is 0 Å². The molecule has 0 N–H and O–H groups in total. The van der Waals surface area contributed by atoms with E-state index in [9.17, 15) is 19.6 Å². The Labute approximate surface area is 149 Å². The standard InChI is InChI=1S/C16H26N2O6Si/c1-16(2,3)23-15(21)18(9-19)13-11(12(13)14(20)22-4)10(8-17)24-25(5,6)7/h9-13H,1-7H3/t10-,11-,12-,13-/m0/s1. The fourth-order valence-corrected chi connectivity index (χ4v) is 3.57. The zero-order chi connectivity index (χ0) is 19.6. The molecule has 0 spiro atoms. The monoisotopic (exact) mass is 370 g/mol. The van der Waals surface area contributed by atoms with Gasteiger partial charge >= 0.3 is 12.1 Å². The van der Waals surface area contributed by atoms with Crippen LogP contribution in [0.2, 0.25) is 19.6 Å². The van der Waals surface area contributed by atoms with Crippen molar-refractivity contribution in [3.05, 3.63) is 0 Å². The minimum Gasteiger partial charge on any atom is -0.469 e. The van der Waals surface area contributed by atoms with Crippen LogP contribution >= 0.6 is 0 Å². The van der Waals surface area contributed by atoms with Gasteiger partial charge in [0.25, 0.3) is 0 Å². The Morgan fingerprint density at radius 2 is 1.84 bits per heavy atom. The molecule has 8 nitrogen and oxygen atoms in total. The Hall–Kier alpha value is -1.92. The lowest BCUT2D eigenvalue weighted by Gasteiger charge is -2.25. The van der Waals surface area contributed by atoms with Crippen LogP contribution in [0.4, 0.5) is 4.79 Å². The molecule has 1 aliphatic carbocycles. The van der Waals surface area contributed by atoms with Gasteiger partial charge in [-0.25, -0.2) is 9.69 Å². The van der Waals surface area contributed by atoms with E-state index in [0.29, 0.717) is 6.41 Å². The second kappa shape index (κ2) is 7.54. The van der Waals surface area contributed by atoms with Crippen molar-refractivity contribution in [1.82, 2.24) is 4.90 Å². The molecule has 0 heterocycles. The number of esters is 1. The molecule has 9 heteroatoms. The first kappa shape index (κ1) is 21.1. The smallest absolute Gasteiger partial charge is 0.417 e. The molecule has 0 bridgehead atoms. The minimum atomic E-state index is -2.08. The summed E-state index contributed by atoms with van der Waals surface area (Å²) in [5.41, 5.74) is -0.799. The predicted octanol–water partition coefficient (Wildman–Crippen LogP) is 1.91. The molecule has 4 atom stereocenters. The highest BCUT2D eigenvalue weighted by molar-refractivity contribution is 6.69. The number of nitriles is 1. The molecule has 1 saturated carbocycles. The van der Waals surface area contributed by atoms with Gasteiger partial charge in [0.15, 0.2) is 8.32 Å². The molecule has 0 aliphatic heterocycles. The van der Waals surface area contributed by atoms with E-state index in [2.05, 4.69) is 0 Å². The lowest BCUT2D eigenvalue weighted by molar-refractivity contribution is -0.143. The third-order valence-electron chi connectivity index (χ3n) is 3.51. The van der Waals surface area contributed by atoms with Crippen LogP contribution in [-0.4, -0.2) is 56.5 Å². The van der Waals surface area contributed by atoms with E-state index in [0.717, 1.165) is 4.90 Å². The van der Waals surface area contributed by atoms with Crippen molar-refractivity contribution in [2.24, 2.45) is 11.8 Å². The van der Waals surface area contributed by atoms with Gasteiger partial charge in [0, 0.05) is 5.92 Å². The maximum absolute atomic E-state index is 12.3. The van der Waals surface area contributed by atoms with E-state index >= 15 is 0 Å². The third kappa shape index (κ3) is 5.54. The van der Waals surface area contributed by atoms with Crippen molar-refractivity contribution < 1.29 is 28.3 Å². The van der Waals surface area contributed by atoms with E-state index in [-0.39, 0.29) is 0 Å². The Morgan fingerprint density at radius 1 is 1.28 bits per heavy atom. The van der Waals surface area contributed by atoms with Crippen LogP contribution < -0.4 is 0 Å². The quantitative estimate of drug-likeness (QED) is 0.399. The maximum Gasteiger partial charge on any atom is 0.417 e. The topological polar surface area (TPSA) is 106 Å². The van der Waals surface area contributed by atoms with Gasteiger partial charge in [-0.05, 0) is 40.4 Å². The molecule has 1 rings (SSSR count). The van der Waals surface area contributed by atoms with Crippen molar-refractivity contribution in [1.29, 1.82) is 5.26 Å². The number of hydrogen-bond donors (Lipinski definition) is 0. The zero-order valence-electron chi connectivity index (χ0n) is 15.7. The lowest BCUT2D eigenvalue weighted by Crippen LogP contribution is -2.40. The first-order chi connectivity index (χ1) is 11.4. The second-order valence-electron chi connectivity index (χ2n) is 7.89. The third-order valence-corrected chi connectivity index (χ3v) is 4.47. The van der Waals surface area contributed by atoms with Crippen LogP contribution in [0.3, 0.4) is 0 Å². The maximum atomic E-state index is 12.3. The summed E-state index contributed by atoms with van der Waals surface area (Å²) in [6.45, 7) is 10.7. The van der Waals surface area contributed by atoms with Crippen molar-refractivity contribution in [3.8, 4) is 6.07 Å². The Balaban J connectivity index is 3.08. The number of ether oxygens (including phenoxy) is 2. The van der Waals surface area contributed by atoms with Gasteiger partial charge < -0.3 is 13.9 Å². The van der Waals surface area contributed by atoms with Crippen molar-refractivity contribution in [2.75, 3.05) is 7.11 Å². The Kier molecular flexibility index (Phi) is 6.37. The summed E-state index contributed by atoms with van der Waals surface area (Å²) in [6, 6.07) is 1.22. The van der Waals surface area contributed by atoms with Gasteiger partial charge in [-0.1, -0.05) is 0 Å². The number of carbonyl (C=O) groups is 3. The normalized spacial score (nSPS) is 23.8. The van der Waals surface area contributed by atoms with Gasteiger partial charge in [-0.2, -0.15) is 5.26 Å². The molecule has 0 radical (unpaired) electrons. The van der Waals surface area contributed by atoms with Crippen LogP contribution in [0.25, 0.3) is 0 Å². The molecule has 0 saturated heterocycles. The number of rotatable bonds is 6. The Bertz CT molecular complexity index is 575. The molecule has 0 aromatic carbocycles. The van der Waals surface area contributed by atoms with Crippen LogP contribution in [0, 0.1) is 23.2 Å². The number of amides is 2. The van der Waals surface area contributed by atoms with Gasteiger partial charge in [0.05, 0.1) is 25.1 Å². The number of hydrogen-bond acceptors (Lipinski definition) is 7. The van der Waals surface area contributed by atoms with Gasteiger partial charge in [-0.15, -0.1) is 0 Å². The highest BCUT2D eigenvalue weighted by Gasteiger charge is 2.64. The molecular weight excluding hydrogens is 344 g/mol. The van der Waals surface area contributed by atoms with E-state index in [1.165, 1.54) is 7.11 Å². The highest BCUT2D eigenvalue weighted by atomic mass is 28.4. The fourth-order valence-electron chi connectivity index (χ4n) is 2.60. The summed E-state index contributed by atoms with van der Waals surface area (Å²) < 4.78 is 15.8. The summed E-state index contributed by atoms with van der Waals surface area (Å²) in [5, 5.41) is 9.44. The lowest BCUT2D eigenvalue weighted by atomic mass is 10.2. The van der Waals surface area contributed by atoms with E-state index in [1.54, 1.807) is 20.8 Å². The number of imide groups is 1. The zero-order valence-corrected chi connectivity index (χ0v) is 16.7. The molecule has 0 aromatic rings. The molecule has 0 unspecified atom stereocenters. The molecule has 25 heavy (non-hydrogen) atoms. The summed E-state index contributed by atoms with van der Waals surface area (Å²) >= 11 is 0. The van der Waals surface area contributed by atoms with Crippen LogP contribution in [-0.2, 0) is 23.5 Å². The van der Waals surface area contributed by atoms with Gasteiger partial charge in [0.2, 0.25) is 6.41 Å². The molecule has 2 amide bonds. The largest absolute Gasteiger partial charge is 0.469 e. The summed E-state index contributed by atoms with van der Waals surface area (Å²) in [7, 11) is -0.860. The molecular formula is C16H26N2O6Si.